The Bertz CT molecular complexity index is 1220. The summed E-state index contributed by atoms with van der Waals surface area (Å²) < 4.78 is 13.0. The van der Waals surface area contributed by atoms with Gasteiger partial charge in [-0.3, -0.25) is 4.98 Å². The molecule has 9 nitrogen and oxygen atoms in total. The SMILES string of the molecule is COc1ccc([C@H]2C[C@@H]2COc2nc(C)ncc2-c2ccc(-c3nnnn3C)cc2)nc1. The zero-order valence-corrected chi connectivity index (χ0v) is 18.1. The van der Waals surface area contributed by atoms with Crippen molar-refractivity contribution in [2.75, 3.05) is 13.7 Å². The largest absolute Gasteiger partial charge is 0.495 e. The summed E-state index contributed by atoms with van der Waals surface area (Å²) in [5.74, 6) is 3.58. The van der Waals surface area contributed by atoms with Crippen LogP contribution in [-0.2, 0) is 7.05 Å². The van der Waals surface area contributed by atoms with Gasteiger partial charge in [0, 0.05) is 36.3 Å². The first-order valence-electron chi connectivity index (χ1n) is 10.4. The van der Waals surface area contributed by atoms with Gasteiger partial charge < -0.3 is 9.47 Å². The minimum absolute atomic E-state index is 0.409. The van der Waals surface area contributed by atoms with Gasteiger partial charge in [-0.25, -0.2) is 9.67 Å². The molecule has 0 saturated heterocycles. The maximum Gasteiger partial charge on any atom is 0.224 e. The second kappa shape index (κ2) is 8.33. The van der Waals surface area contributed by atoms with Gasteiger partial charge in [0.2, 0.25) is 5.88 Å². The second-order valence-corrected chi connectivity index (χ2v) is 7.88. The number of tetrazole rings is 1. The summed E-state index contributed by atoms with van der Waals surface area (Å²) in [6.45, 7) is 2.45. The number of aromatic nitrogens is 7. The lowest BCUT2D eigenvalue weighted by atomic mass is 10.1. The third-order valence-electron chi connectivity index (χ3n) is 5.68. The van der Waals surface area contributed by atoms with Crippen LogP contribution >= 0.6 is 0 Å². The van der Waals surface area contributed by atoms with E-state index in [1.165, 1.54) is 0 Å². The van der Waals surface area contributed by atoms with E-state index in [4.69, 9.17) is 9.47 Å². The highest BCUT2D eigenvalue weighted by molar-refractivity contribution is 5.70. The van der Waals surface area contributed by atoms with Gasteiger partial charge in [-0.15, -0.1) is 5.10 Å². The fourth-order valence-corrected chi connectivity index (χ4v) is 3.74. The van der Waals surface area contributed by atoms with Crippen LogP contribution in [-0.4, -0.2) is 48.9 Å². The van der Waals surface area contributed by atoms with Gasteiger partial charge in [0.25, 0.3) is 0 Å². The van der Waals surface area contributed by atoms with E-state index in [2.05, 4.69) is 30.5 Å². The molecule has 1 aliphatic carbocycles. The lowest BCUT2D eigenvalue weighted by Gasteiger charge is -2.11. The number of ether oxygens (including phenoxy) is 2. The predicted molar refractivity (Wildman–Crippen MR) is 117 cm³/mol. The van der Waals surface area contributed by atoms with Crippen molar-refractivity contribution in [2.45, 2.75) is 19.3 Å². The molecule has 5 rings (SSSR count). The van der Waals surface area contributed by atoms with Crippen molar-refractivity contribution in [1.29, 1.82) is 0 Å². The van der Waals surface area contributed by atoms with Gasteiger partial charge in [0.15, 0.2) is 5.82 Å². The smallest absolute Gasteiger partial charge is 0.224 e. The Hall–Kier alpha value is -3.88. The standard InChI is InChI=1S/C23H23N7O2/c1-14-24-12-20(15-4-6-16(7-5-15)22-27-28-29-30(22)2)23(26-14)32-13-17-10-19(17)21-9-8-18(31-3)11-25-21/h4-9,11-12,17,19H,10,13H2,1-3H3/t17-,19+/m1/s1. The van der Waals surface area contributed by atoms with E-state index in [1.807, 2.05) is 56.6 Å². The molecule has 0 bridgehead atoms. The molecule has 0 spiro atoms. The first-order chi connectivity index (χ1) is 15.6. The van der Waals surface area contributed by atoms with Crippen LogP contribution in [0.3, 0.4) is 0 Å². The molecule has 0 radical (unpaired) electrons. The summed E-state index contributed by atoms with van der Waals surface area (Å²) in [5.41, 5.74) is 3.85. The molecule has 1 saturated carbocycles. The summed E-state index contributed by atoms with van der Waals surface area (Å²) in [6.07, 6.45) is 4.63. The van der Waals surface area contributed by atoms with Crippen LogP contribution in [0.1, 0.15) is 23.9 Å². The molecule has 3 heterocycles. The fourth-order valence-electron chi connectivity index (χ4n) is 3.74. The normalized spacial score (nSPS) is 17.2. The van der Waals surface area contributed by atoms with Crippen molar-refractivity contribution < 1.29 is 9.47 Å². The molecule has 0 unspecified atom stereocenters. The van der Waals surface area contributed by atoms with Crippen LogP contribution in [0.15, 0.2) is 48.8 Å². The molecular weight excluding hydrogens is 406 g/mol. The lowest BCUT2D eigenvalue weighted by molar-refractivity contribution is 0.285. The van der Waals surface area contributed by atoms with Crippen molar-refractivity contribution >= 4 is 0 Å². The summed E-state index contributed by atoms with van der Waals surface area (Å²) in [4.78, 5) is 13.4. The average Bonchev–Trinajstić information content (AvgIpc) is 3.48. The van der Waals surface area contributed by atoms with E-state index in [0.29, 0.717) is 36.0 Å². The Morgan fingerprint density at radius 3 is 2.53 bits per heavy atom. The Labute approximate surface area is 185 Å². The summed E-state index contributed by atoms with van der Waals surface area (Å²) >= 11 is 0. The van der Waals surface area contributed by atoms with Crippen molar-refractivity contribution in [3.05, 3.63) is 60.3 Å². The van der Waals surface area contributed by atoms with Crippen LogP contribution < -0.4 is 9.47 Å². The second-order valence-electron chi connectivity index (χ2n) is 7.88. The van der Waals surface area contributed by atoms with Gasteiger partial charge in [0.1, 0.15) is 11.6 Å². The van der Waals surface area contributed by atoms with Gasteiger partial charge in [-0.1, -0.05) is 24.3 Å². The molecular formula is C23H23N7O2. The minimum atomic E-state index is 0.409. The van der Waals surface area contributed by atoms with E-state index in [9.17, 15) is 0 Å². The summed E-state index contributed by atoms with van der Waals surface area (Å²) in [5, 5.41) is 11.6. The number of hydrogen-bond acceptors (Lipinski definition) is 8. The fraction of sp³-hybridized carbons (Fsp3) is 0.304. The Kier molecular flexibility index (Phi) is 5.22. The highest BCUT2D eigenvalue weighted by atomic mass is 16.5. The number of methoxy groups -OCH3 is 1. The van der Waals surface area contributed by atoms with Crippen molar-refractivity contribution in [3.8, 4) is 34.1 Å². The van der Waals surface area contributed by atoms with Crippen LogP contribution in [0, 0.1) is 12.8 Å². The van der Waals surface area contributed by atoms with Crippen molar-refractivity contribution in [2.24, 2.45) is 13.0 Å². The first-order valence-corrected chi connectivity index (χ1v) is 10.4. The van der Waals surface area contributed by atoms with Gasteiger partial charge in [0.05, 0.1) is 25.5 Å². The molecule has 4 aromatic rings. The monoisotopic (exact) mass is 429 g/mol. The van der Waals surface area contributed by atoms with Crippen LogP contribution in [0.25, 0.3) is 22.5 Å². The zero-order chi connectivity index (χ0) is 22.1. The molecule has 1 fully saturated rings. The number of rotatable bonds is 7. The van der Waals surface area contributed by atoms with E-state index in [0.717, 1.165) is 34.6 Å². The third kappa shape index (κ3) is 4.01. The third-order valence-corrected chi connectivity index (χ3v) is 5.68. The first kappa shape index (κ1) is 20.0. The highest BCUT2D eigenvalue weighted by Gasteiger charge is 2.40. The maximum atomic E-state index is 6.17. The Morgan fingerprint density at radius 2 is 1.84 bits per heavy atom. The molecule has 3 aromatic heterocycles. The van der Waals surface area contributed by atoms with Gasteiger partial charge in [-0.05, 0) is 41.5 Å². The molecule has 0 amide bonds. The molecule has 2 atom stereocenters. The molecule has 0 N–H and O–H groups in total. The molecule has 0 aliphatic heterocycles. The van der Waals surface area contributed by atoms with Crippen molar-refractivity contribution in [3.63, 3.8) is 0 Å². The number of pyridine rings is 1. The summed E-state index contributed by atoms with van der Waals surface area (Å²) in [7, 11) is 3.46. The molecule has 1 aliphatic rings. The lowest BCUT2D eigenvalue weighted by Crippen LogP contribution is -2.05. The van der Waals surface area contributed by atoms with E-state index < -0.39 is 0 Å². The van der Waals surface area contributed by atoms with Crippen LogP contribution in [0.5, 0.6) is 11.6 Å². The Morgan fingerprint density at radius 1 is 1.03 bits per heavy atom. The van der Waals surface area contributed by atoms with E-state index in [1.54, 1.807) is 18.0 Å². The van der Waals surface area contributed by atoms with E-state index >= 15 is 0 Å². The molecule has 162 valence electrons. The topological polar surface area (TPSA) is 101 Å². The highest BCUT2D eigenvalue weighted by Crippen LogP contribution is 2.47. The molecule has 1 aromatic carbocycles. The number of benzene rings is 1. The zero-order valence-electron chi connectivity index (χ0n) is 18.1. The van der Waals surface area contributed by atoms with E-state index in [-0.39, 0.29) is 0 Å². The molecule has 32 heavy (non-hydrogen) atoms. The average molecular weight is 429 g/mol. The Balaban J connectivity index is 1.30. The quantitative estimate of drug-likeness (QED) is 0.441. The van der Waals surface area contributed by atoms with Crippen molar-refractivity contribution in [1.82, 2.24) is 35.2 Å². The minimum Gasteiger partial charge on any atom is -0.495 e. The number of aryl methyl sites for hydroxylation is 2. The molecule has 9 heteroatoms. The predicted octanol–water partition coefficient (Wildman–Crippen LogP) is 3.23. The van der Waals surface area contributed by atoms with Gasteiger partial charge >= 0.3 is 0 Å². The maximum absolute atomic E-state index is 6.17. The van der Waals surface area contributed by atoms with Crippen LogP contribution in [0.4, 0.5) is 0 Å². The number of hydrogen-bond donors (Lipinski definition) is 0. The van der Waals surface area contributed by atoms with Gasteiger partial charge in [-0.2, -0.15) is 4.98 Å². The summed E-state index contributed by atoms with van der Waals surface area (Å²) in [6, 6.07) is 12.0. The number of nitrogens with zero attached hydrogens (tertiary/aromatic N) is 7. The van der Waals surface area contributed by atoms with Crippen LogP contribution in [0.2, 0.25) is 0 Å².